The first-order valence-electron chi connectivity index (χ1n) is 7.78. The molecule has 0 spiro atoms. The van der Waals surface area contributed by atoms with Gasteiger partial charge in [0.15, 0.2) is 0 Å². The van der Waals surface area contributed by atoms with E-state index in [9.17, 15) is 19.2 Å². The van der Waals surface area contributed by atoms with Crippen LogP contribution < -0.4 is 5.32 Å². The van der Waals surface area contributed by atoms with Crippen molar-refractivity contribution in [3.05, 3.63) is 21.4 Å². The number of hydrogen-bond acceptors (Lipinski definition) is 5. The summed E-state index contributed by atoms with van der Waals surface area (Å²) in [6.45, 7) is 8.93. The fraction of sp³-hybridized carbons (Fsp3) is 0.529. The molecule has 3 heterocycles. The molecule has 3 rings (SSSR count). The second-order valence-corrected chi connectivity index (χ2v) is 8.91. The second-order valence-electron chi connectivity index (χ2n) is 7.83. The van der Waals surface area contributed by atoms with Crippen molar-refractivity contribution in [2.45, 2.75) is 47.1 Å². The van der Waals surface area contributed by atoms with Crippen molar-refractivity contribution in [1.82, 2.24) is 10.2 Å². The van der Waals surface area contributed by atoms with Crippen LogP contribution in [0.1, 0.15) is 59.7 Å². The number of amides is 4. The molecule has 1 aromatic rings. The summed E-state index contributed by atoms with van der Waals surface area (Å²) in [5.41, 5.74) is -0.768. The highest BCUT2D eigenvalue weighted by atomic mass is 32.1. The van der Waals surface area contributed by atoms with Crippen LogP contribution in [0, 0.1) is 17.8 Å². The van der Waals surface area contributed by atoms with Crippen LogP contribution >= 0.6 is 11.3 Å². The maximum Gasteiger partial charge on any atom is 0.263 e. The Balaban J connectivity index is 2.08. The van der Waals surface area contributed by atoms with Crippen molar-refractivity contribution < 1.29 is 19.2 Å². The van der Waals surface area contributed by atoms with Gasteiger partial charge in [0.1, 0.15) is 6.04 Å². The minimum absolute atomic E-state index is 0.348. The number of thiophene rings is 1. The fourth-order valence-electron chi connectivity index (χ4n) is 3.94. The van der Waals surface area contributed by atoms with Crippen molar-refractivity contribution >= 4 is 35.0 Å². The summed E-state index contributed by atoms with van der Waals surface area (Å²) in [4.78, 5) is 52.3. The Bertz CT molecular complexity index is 791. The highest BCUT2D eigenvalue weighted by molar-refractivity contribution is 7.10. The maximum atomic E-state index is 12.8. The van der Waals surface area contributed by atoms with Gasteiger partial charge in [0.05, 0.1) is 11.1 Å². The van der Waals surface area contributed by atoms with Crippen LogP contribution in [0.5, 0.6) is 0 Å². The molecule has 7 heteroatoms. The molecule has 128 valence electrons. The van der Waals surface area contributed by atoms with Crippen LogP contribution in [-0.2, 0) is 9.59 Å². The molecule has 1 fully saturated rings. The highest BCUT2D eigenvalue weighted by Crippen LogP contribution is 2.43. The fourth-order valence-corrected chi connectivity index (χ4v) is 4.77. The third-order valence-corrected chi connectivity index (χ3v) is 5.76. The molecule has 1 aromatic heterocycles. The van der Waals surface area contributed by atoms with Crippen LogP contribution in [0.3, 0.4) is 0 Å². The number of aryl methyl sites for hydroxylation is 1. The first kappa shape index (κ1) is 16.8. The molecule has 0 aliphatic carbocycles. The van der Waals surface area contributed by atoms with Crippen LogP contribution in [-0.4, -0.2) is 34.6 Å². The molecule has 0 radical (unpaired) electrons. The molecule has 6 nitrogen and oxygen atoms in total. The smallest absolute Gasteiger partial charge is 0.263 e. The van der Waals surface area contributed by atoms with Gasteiger partial charge in [-0.05, 0) is 18.8 Å². The van der Waals surface area contributed by atoms with E-state index in [0.29, 0.717) is 17.5 Å². The van der Waals surface area contributed by atoms with E-state index in [1.807, 2.05) is 13.8 Å². The number of imide groups is 2. The van der Waals surface area contributed by atoms with Gasteiger partial charge in [0.25, 0.3) is 11.8 Å². The largest absolute Gasteiger partial charge is 0.294 e. The normalized spacial score (nSPS) is 25.5. The lowest BCUT2D eigenvalue weighted by Crippen LogP contribution is -2.55. The van der Waals surface area contributed by atoms with Crippen molar-refractivity contribution in [3.8, 4) is 0 Å². The average molecular weight is 348 g/mol. The minimum atomic E-state index is -1.01. The number of nitrogens with one attached hydrogen (secondary N) is 1. The standard InChI is InChI=1S/C17H20N2O4S/c1-8-10-9(6-24-8)13(21)19(14(10)22)11-12(20)18-15(23)17(4,5)7-16(11,2)3/h6,11H,7H2,1-5H3,(H,18,20,23). The van der Waals surface area contributed by atoms with Gasteiger partial charge in [0, 0.05) is 15.7 Å². The molecule has 1 unspecified atom stereocenters. The van der Waals surface area contributed by atoms with Crippen molar-refractivity contribution in [3.63, 3.8) is 0 Å². The Hall–Kier alpha value is -2.02. The molecule has 1 saturated heterocycles. The zero-order chi connectivity index (χ0) is 18.0. The quantitative estimate of drug-likeness (QED) is 0.788. The highest BCUT2D eigenvalue weighted by Gasteiger charge is 2.54. The monoisotopic (exact) mass is 348 g/mol. The Morgan fingerprint density at radius 2 is 1.75 bits per heavy atom. The number of fused-ring (bicyclic) bond motifs is 1. The number of carbonyl (C=O) groups is 4. The van der Waals surface area contributed by atoms with E-state index in [2.05, 4.69) is 5.32 Å². The first-order valence-corrected chi connectivity index (χ1v) is 8.66. The molecule has 24 heavy (non-hydrogen) atoms. The van der Waals surface area contributed by atoms with E-state index in [4.69, 9.17) is 0 Å². The minimum Gasteiger partial charge on any atom is -0.294 e. The van der Waals surface area contributed by atoms with E-state index in [-0.39, 0.29) is 5.91 Å². The van der Waals surface area contributed by atoms with Crippen LogP contribution in [0.2, 0.25) is 0 Å². The second kappa shape index (κ2) is 4.99. The summed E-state index contributed by atoms with van der Waals surface area (Å²) >= 11 is 1.34. The Morgan fingerprint density at radius 1 is 1.12 bits per heavy atom. The third-order valence-electron chi connectivity index (χ3n) is 4.85. The molecular formula is C17H20N2O4S. The van der Waals surface area contributed by atoms with Gasteiger partial charge in [-0.2, -0.15) is 0 Å². The van der Waals surface area contributed by atoms with Gasteiger partial charge in [-0.1, -0.05) is 27.7 Å². The number of carbonyl (C=O) groups excluding carboxylic acids is 4. The molecule has 1 N–H and O–H groups in total. The Labute approximate surface area is 144 Å². The van der Waals surface area contributed by atoms with E-state index in [0.717, 1.165) is 9.78 Å². The van der Waals surface area contributed by atoms with Crippen molar-refractivity contribution in [2.75, 3.05) is 0 Å². The molecular weight excluding hydrogens is 328 g/mol. The van der Waals surface area contributed by atoms with Crippen LogP contribution in [0.4, 0.5) is 0 Å². The summed E-state index contributed by atoms with van der Waals surface area (Å²) in [6, 6.07) is -1.01. The van der Waals surface area contributed by atoms with Gasteiger partial charge in [-0.25, -0.2) is 0 Å². The predicted octanol–water partition coefficient (Wildman–Crippen LogP) is 2.12. The van der Waals surface area contributed by atoms with E-state index in [1.165, 1.54) is 11.3 Å². The summed E-state index contributed by atoms with van der Waals surface area (Å²) in [5.74, 6) is -1.88. The SMILES string of the molecule is Cc1scc2c1C(=O)N(C1C(=O)NC(=O)C(C)(C)CC1(C)C)C2=O. The lowest BCUT2D eigenvalue weighted by molar-refractivity contribution is -0.135. The lowest BCUT2D eigenvalue weighted by Gasteiger charge is -2.38. The molecule has 0 bridgehead atoms. The van der Waals surface area contributed by atoms with Gasteiger partial charge in [-0.3, -0.25) is 29.4 Å². The van der Waals surface area contributed by atoms with E-state index in [1.54, 1.807) is 26.2 Å². The third kappa shape index (κ3) is 2.22. The first-order chi connectivity index (χ1) is 11.0. The van der Waals surface area contributed by atoms with Gasteiger partial charge in [0.2, 0.25) is 11.8 Å². The van der Waals surface area contributed by atoms with Crippen molar-refractivity contribution in [1.29, 1.82) is 0 Å². The number of hydrogen-bond donors (Lipinski definition) is 1. The predicted molar refractivity (Wildman–Crippen MR) is 88.7 cm³/mol. The van der Waals surface area contributed by atoms with Crippen LogP contribution in [0.25, 0.3) is 0 Å². The Morgan fingerprint density at radius 3 is 2.33 bits per heavy atom. The summed E-state index contributed by atoms with van der Waals surface area (Å²) in [6.07, 6.45) is 0.380. The van der Waals surface area contributed by atoms with Gasteiger partial charge >= 0.3 is 0 Å². The molecule has 0 aromatic carbocycles. The zero-order valence-electron chi connectivity index (χ0n) is 14.4. The zero-order valence-corrected chi connectivity index (χ0v) is 15.2. The number of nitrogens with zero attached hydrogens (tertiary/aromatic N) is 1. The van der Waals surface area contributed by atoms with Crippen molar-refractivity contribution in [2.24, 2.45) is 10.8 Å². The summed E-state index contributed by atoms with van der Waals surface area (Å²) < 4.78 is 0. The topological polar surface area (TPSA) is 83.6 Å². The molecule has 1 atom stereocenters. The van der Waals surface area contributed by atoms with E-state index < -0.39 is 34.6 Å². The van der Waals surface area contributed by atoms with Crippen LogP contribution in [0.15, 0.2) is 5.38 Å². The molecule has 2 aliphatic rings. The molecule has 0 saturated carbocycles. The average Bonchev–Trinajstić information content (AvgIpc) is 2.90. The van der Waals surface area contributed by atoms with E-state index >= 15 is 0 Å². The molecule has 4 amide bonds. The number of rotatable bonds is 1. The van der Waals surface area contributed by atoms with Gasteiger partial charge in [-0.15, -0.1) is 11.3 Å². The lowest BCUT2D eigenvalue weighted by atomic mass is 9.71. The summed E-state index contributed by atoms with van der Waals surface area (Å²) in [5, 5.41) is 4.02. The Kier molecular flexibility index (Phi) is 3.50. The maximum absolute atomic E-state index is 12.8. The summed E-state index contributed by atoms with van der Waals surface area (Å²) in [7, 11) is 0. The molecule has 2 aliphatic heterocycles. The van der Waals surface area contributed by atoms with Gasteiger partial charge < -0.3 is 0 Å².